The number of nitrogens with zero attached hydrogens (tertiary/aromatic N) is 3. The monoisotopic (exact) mass is 466 g/mol. The number of anilines is 2. The molecule has 3 aromatic rings. The number of halogens is 2. The molecule has 0 radical (unpaired) electrons. The highest BCUT2D eigenvalue weighted by atomic mass is 35.5. The summed E-state index contributed by atoms with van der Waals surface area (Å²) in [6.07, 6.45) is 3.85. The normalized spacial score (nSPS) is 13.9. The van der Waals surface area contributed by atoms with Crippen LogP contribution in [0.15, 0.2) is 29.8 Å². The third-order valence-electron chi connectivity index (χ3n) is 4.38. The van der Waals surface area contributed by atoms with E-state index in [1.807, 2.05) is 17.5 Å². The Labute approximate surface area is 185 Å². The van der Waals surface area contributed by atoms with E-state index in [0.29, 0.717) is 45.4 Å². The first-order valence-electron chi connectivity index (χ1n) is 8.92. The van der Waals surface area contributed by atoms with Gasteiger partial charge in [0.25, 0.3) is 0 Å². The third-order valence-corrected chi connectivity index (χ3v) is 7.07. The molecular formula is C19H16Cl2N4O2S2. The summed E-state index contributed by atoms with van der Waals surface area (Å²) in [5, 5.41) is 6.84. The molecule has 0 aliphatic carbocycles. The summed E-state index contributed by atoms with van der Waals surface area (Å²) >= 11 is 15.1. The van der Waals surface area contributed by atoms with E-state index >= 15 is 0 Å². The van der Waals surface area contributed by atoms with E-state index < -0.39 is 0 Å². The Morgan fingerprint density at radius 2 is 2.17 bits per heavy atom. The lowest BCUT2D eigenvalue weighted by atomic mass is 10.1. The molecule has 0 saturated carbocycles. The second kappa shape index (κ2) is 8.79. The summed E-state index contributed by atoms with van der Waals surface area (Å²) in [6.45, 7) is 0.691. The van der Waals surface area contributed by atoms with Crippen molar-refractivity contribution in [3.63, 3.8) is 0 Å². The Hall–Kier alpha value is -2.00. The average molecular weight is 467 g/mol. The van der Waals surface area contributed by atoms with Gasteiger partial charge in [0.05, 0.1) is 22.2 Å². The van der Waals surface area contributed by atoms with E-state index in [1.165, 1.54) is 22.7 Å². The Morgan fingerprint density at radius 3 is 2.97 bits per heavy atom. The van der Waals surface area contributed by atoms with Crippen molar-refractivity contribution < 1.29 is 9.59 Å². The molecular weight excluding hydrogens is 451 g/mol. The highest BCUT2D eigenvalue weighted by Gasteiger charge is 2.24. The fourth-order valence-electron chi connectivity index (χ4n) is 3.00. The number of benzene rings is 1. The van der Waals surface area contributed by atoms with Gasteiger partial charge in [-0.2, -0.15) is 0 Å². The zero-order valence-electron chi connectivity index (χ0n) is 15.2. The Balaban J connectivity index is 1.35. The van der Waals surface area contributed by atoms with Gasteiger partial charge < -0.3 is 5.32 Å². The predicted octanol–water partition coefficient (Wildman–Crippen LogP) is 4.81. The Morgan fingerprint density at radius 1 is 1.31 bits per heavy atom. The highest BCUT2D eigenvalue weighted by molar-refractivity contribution is 7.15. The predicted molar refractivity (Wildman–Crippen MR) is 117 cm³/mol. The van der Waals surface area contributed by atoms with Gasteiger partial charge >= 0.3 is 0 Å². The summed E-state index contributed by atoms with van der Waals surface area (Å²) < 4.78 is 0. The average Bonchev–Trinajstić information content (AvgIpc) is 3.41. The molecule has 1 aliphatic rings. The van der Waals surface area contributed by atoms with Crippen LogP contribution in [0, 0.1) is 0 Å². The van der Waals surface area contributed by atoms with Gasteiger partial charge in [0, 0.05) is 35.8 Å². The van der Waals surface area contributed by atoms with Gasteiger partial charge in [0.1, 0.15) is 0 Å². The van der Waals surface area contributed by atoms with Crippen LogP contribution < -0.4 is 10.2 Å². The number of hydrogen-bond acceptors (Lipinski definition) is 6. The van der Waals surface area contributed by atoms with E-state index in [9.17, 15) is 9.59 Å². The van der Waals surface area contributed by atoms with Crippen LogP contribution in [0.1, 0.15) is 29.0 Å². The maximum atomic E-state index is 12.3. The third kappa shape index (κ3) is 4.78. The van der Waals surface area contributed by atoms with Gasteiger partial charge in [0.15, 0.2) is 10.3 Å². The van der Waals surface area contributed by atoms with Crippen LogP contribution in [0.3, 0.4) is 0 Å². The van der Waals surface area contributed by atoms with Gasteiger partial charge in [0.2, 0.25) is 11.8 Å². The zero-order chi connectivity index (χ0) is 20.4. The lowest BCUT2D eigenvalue weighted by Crippen LogP contribution is -2.23. The quantitative estimate of drug-likeness (QED) is 0.565. The molecule has 29 heavy (non-hydrogen) atoms. The van der Waals surface area contributed by atoms with Crippen LogP contribution in [0.25, 0.3) is 0 Å². The number of hydrogen-bond donors (Lipinski definition) is 1. The molecule has 10 heteroatoms. The molecule has 1 saturated heterocycles. The number of rotatable bonds is 6. The largest absolute Gasteiger partial charge is 0.302 e. The molecule has 1 aliphatic heterocycles. The van der Waals surface area contributed by atoms with Crippen LogP contribution in [0.5, 0.6) is 0 Å². The van der Waals surface area contributed by atoms with Crippen LogP contribution >= 0.6 is 45.9 Å². The minimum absolute atomic E-state index is 0.0884. The molecule has 2 aromatic heterocycles. The number of carbonyl (C=O) groups excluding carboxylic acids is 2. The minimum Gasteiger partial charge on any atom is -0.302 e. The maximum absolute atomic E-state index is 12.3. The summed E-state index contributed by atoms with van der Waals surface area (Å²) in [7, 11) is 0. The molecule has 150 valence electrons. The summed E-state index contributed by atoms with van der Waals surface area (Å²) in [6, 6.07) is 5.51. The molecule has 1 fully saturated rings. The molecule has 2 amide bonds. The van der Waals surface area contributed by atoms with Crippen LogP contribution in [0.2, 0.25) is 10.0 Å². The van der Waals surface area contributed by atoms with Crippen molar-refractivity contribution in [3.05, 3.63) is 56.0 Å². The first-order chi connectivity index (χ1) is 14.0. The summed E-state index contributed by atoms with van der Waals surface area (Å²) in [4.78, 5) is 35.5. The zero-order valence-corrected chi connectivity index (χ0v) is 18.3. The molecule has 1 aromatic carbocycles. The second-order valence-electron chi connectivity index (χ2n) is 6.52. The van der Waals surface area contributed by atoms with E-state index in [0.717, 1.165) is 16.9 Å². The SMILES string of the molecule is O=C(Cc1csc(N2CCCC2=O)n1)Nc1ncc(Cc2cccc(Cl)c2Cl)s1. The fourth-order valence-corrected chi connectivity index (χ4v) is 5.11. The van der Waals surface area contributed by atoms with Crippen molar-refractivity contribution in [1.82, 2.24) is 9.97 Å². The molecule has 0 atom stereocenters. The Kier molecular flexibility index (Phi) is 6.15. The Bertz CT molecular complexity index is 1070. The van der Waals surface area contributed by atoms with Gasteiger partial charge in [-0.1, -0.05) is 35.3 Å². The van der Waals surface area contributed by atoms with Gasteiger partial charge in [-0.25, -0.2) is 9.97 Å². The van der Waals surface area contributed by atoms with Crippen LogP contribution in [-0.4, -0.2) is 28.3 Å². The van der Waals surface area contributed by atoms with Crippen LogP contribution in [-0.2, 0) is 22.4 Å². The molecule has 4 rings (SSSR count). The smallest absolute Gasteiger partial charge is 0.232 e. The number of carbonyl (C=O) groups is 2. The first-order valence-corrected chi connectivity index (χ1v) is 11.4. The van der Waals surface area contributed by atoms with Crippen molar-refractivity contribution in [2.24, 2.45) is 0 Å². The molecule has 6 nitrogen and oxygen atoms in total. The maximum Gasteiger partial charge on any atom is 0.232 e. The minimum atomic E-state index is -0.198. The number of aromatic nitrogens is 2. The van der Waals surface area contributed by atoms with E-state index in [1.54, 1.807) is 17.2 Å². The molecule has 3 heterocycles. The number of amides is 2. The van der Waals surface area contributed by atoms with E-state index in [4.69, 9.17) is 23.2 Å². The van der Waals surface area contributed by atoms with Crippen molar-refractivity contribution in [2.45, 2.75) is 25.7 Å². The molecule has 0 unspecified atom stereocenters. The van der Waals surface area contributed by atoms with Gasteiger partial charge in [-0.3, -0.25) is 14.5 Å². The molecule has 1 N–H and O–H groups in total. The van der Waals surface area contributed by atoms with E-state index in [2.05, 4.69) is 15.3 Å². The lowest BCUT2D eigenvalue weighted by molar-refractivity contribution is -0.117. The molecule has 0 spiro atoms. The number of thiazole rings is 2. The molecule has 0 bridgehead atoms. The standard InChI is InChI=1S/C19H16Cl2N4O2S2/c20-14-4-1-3-11(17(14)21)7-13-9-22-18(29-13)24-15(26)8-12-10-28-19(23-12)25-6-2-5-16(25)27/h1,3-4,9-10H,2,5-8H2,(H,22,24,26). The van der Waals surface area contributed by atoms with Gasteiger partial charge in [-0.05, 0) is 18.1 Å². The van der Waals surface area contributed by atoms with Gasteiger partial charge in [-0.15, -0.1) is 22.7 Å². The summed E-state index contributed by atoms with van der Waals surface area (Å²) in [5.74, 6) is -0.109. The first kappa shape index (κ1) is 20.3. The second-order valence-corrected chi connectivity index (χ2v) is 9.25. The topological polar surface area (TPSA) is 75.2 Å². The van der Waals surface area contributed by atoms with Crippen molar-refractivity contribution >= 4 is 68.0 Å². The lowest BCUT2D eigenvalue weighted by Gasteiger charge is -2.10. The van der Waals surface area contributed by atoms with E-state index in [-0.39, 0.29) is 18.2 Å². The van der Waals surface area contributed by atoms with Crippen molar-refractivity contribution in [1.29, 1.82) is 0 Å². The summed E-state index contributed by atoms with van der Waals surface area (Å²) in [5.41, 5.74) is 1.55. The van der Waals surface area contributed by atoms with Crippen molar-refractivity contribution in [3.8, 4) is 0 Å². The van der Waals surface area contributed by atoms with Crippen LogP contribution in [0.4, 0.5) is 10.3 Å². The van der Waals surface area contributed by atoms with Crippen molar-refractivity contribution in [2.75, 3.05) is 16.8 Å². The highest BCUT2D eigenvalue weighted by Crippen LogP contribution is 2.30. The number of nitrogens with one attached hydrogen (secondary N) is 1. The fraction of sp³-hybridized carbons (Fsp3) is 0.263.